The van der Waals surface area contributed by atoms with E-state index in [2.05, 4.69) is 6.92 Å². The summed E-state index contributed by atoms with van der Waals surface area (Å²) < 4.78 is 32.9. The van der Waals surface area contributed by atoms with Crippen LogP contribution in [0.3, 0.4) is 0 Å². The third-order valence-electron chi connectivity index (χ3n) is 6.52. The smallest absolute Gasteiger partial charge is 0.343 e. The zero-order chi connectivity index (χ0) is 21.1. The van der Waals surface area contributed by atoms with Gasteiger partial charge in [-0.15, -0.1) is 0 Å². The van der Waals surface area contributed by atoms with Crippen molar-refractivity contribution >= 4 is 12.0 Å². The van der Waals surface area contributed by atoms with Crippen LogP contribution in [0.4, 0.5) is 8.78 Å². The van der Waals surface area contributed by atoms with Crippen LogP contribution in [0.1, 0.15) is 84.8 Å². The summed E-state index contributed by atoms with van der Waals surface area (Å²) in [4.78, 5) is 12.6. The van der Waals surface area contributed by atoms with E-state index in [1.807, 2.05) is 24.3 Å². The summed E-state index contributed by atoms with van der Waals surface area (Å²) in [6, 6.07) is 9.89. The van der Waals surface area contributed by atoms with Gasteiger partial charge in [0.2, 0.25) is 0 Å². The minimum absolute atomic E-state index is 0.389. The Morgan fingerprint density at radius 3 is 2.47 bits per heavy atom. The molecule has 2 aromatic carbocycles. The average Bonchev–Trinajstić information content (AvgIpc) is 2.74. The van der Waals surface area contributed by atoms with E-state index in [1.54, 1.807) is 6.08 Å². The van der Waals surface area contributed by atoms with Crippen molar-refractivity contribution in [3.63, 3.8) is 0 Å². The van der Waals surface area contributed by atoms with E-state index in [9.17, 15) is 13.6 Å². The Hall–Kier alpha value is -2.49. The van der Waals surface area contributed by atoms with Gasteiger partial charge >= 0.3 is 5.97 Å². The summed E-state index contributed by atoms with van der Waals surface area (Å²) in [5, 5.41) is 0. The van der Waals surface area contributed by atoms with Gasteiger partial charge in [-0.05, 0) is 84.9 Å². The number of benzene rings is 2. The van der Waals surface area contributed by atoms with Gasteiger partial charge in [0.05, 0.1) is 5.56 Å². The number of esters is 1. The first-order valence-electron chi connectivity index (χ1n) is 11.0. The number of halogens is 2. The van der Waals surface area contributed by atoms with Crippen LogP contribution in [0, 0.1) is 17.6 Å². The molecule has 0 spiro atoms. The van der Waals surface area contributed by atoms with E-state index in [0.29, 0.717) is 41.2 Å². The summed E-state index contributed by atoms with van der Waals surface area (Å²) >= 11 is 0. The second-order valence-electron chi connectivity index (χ2n) is 8.58. The number of carbonyl (C=O) groups excluding carboxylic acids is 1. The van der Waals surface area contributed by atoms with Crippen molar-refractivity contribution in [2.24, 2.45) is 5.92 Å². The Labute approximate surface area is 177 Å². The topological polar surface area (TPSA) is 26.3 Å². The summed E-state index contributed by atoms with van der Waals surface area (Å²) in [5.41, 5.74) is 2.69. The molecule has 1 saturated carbocycles. The molecule has 1 fully saturated rings. The monoisotopic (exact) mass is 410 g/mol. The lowest BCUT2D eigenvalue weighted by Gasteiger charge is -2.28. The first-order chi connectivity index (χ1) is 14.5. The maximum absolute atomic E-state index is 13.9. The number of ether oxygens (including phenoxy) is 1. The molecule has 0 radical (unpaired) electrons. The zero-order valence-electron chi connectivity index (χ0n) is 17.4. The molecule has 2 nitrogen and oxygen atoms in total. The molecule has 0 saturated heterocycles. The lowest BCUT2D eigenvalue weighted by atomic mass is 9.77. The van der Waals surface area contributed by atoms with E-state index >= 15 is 0 Å². The van der Waals surface area contributed by atoms with Crippen LogP contribution >= 0.6 is 0 Å². The SMILES string of the molecule is CCCC1CCC(c2ccc(C(=O)OC3=Cc4cc(F)cc(F)c4CC3)cc2)CC1. The Balaban J connectivity index is 1.39. The number of fused-ring (bicyclic) bond motifs is 1. The van der Waals surface area contributed by atoms with Crippen molar-refractivity contribution in [1.29, 1.82) is 0 Å². The average molecular weight is 411 g/mol. The summed E-state index contributed by atoms with van der Waals surface area (Å²) in [6.07, 6.45) is 9.97. The van der Waals surface area contributed by atoms with Crippen LogP contribution < -0.4 is 0 Å². The second-order valence-corrected chi connectivity index (χ2v) is 8.58. The van der Waals surface area contributed by atoms with Gasteiger partial charge in [-0.1, -0.05) is 31.9 Å². The number of hydrogen-bond donors (Lipinski definition) is 0. The van der Waals surface area contributed by atoms with Crippen molar-refractivity contribution < 1.29 is 18.3 Å². The Morgan fingerprint density at radius 2 is 1.77 bits per heavy atom. The van der Waals surface area contributed by atoms with Gasteiger partial charge in [-0.2, -0.15) is 0 Å². The number of allylic oxidation sites excluding steroid dienone is 1. The molecule has 2 aliphatic rings. The van der Waals surface area contributed by atoms with Gasteiger partial charge in [0.15, 0.2) is 0 Å². The van der Waals surface area contributed by atoms with Gasteiger partial charge in [-0.25, -0.2) is 13.6 Å². The van der Waals surface area contributed by atoms with Gasteiger partial charge < -0.3 is 4.74 Å². The van der Waals surface area contributed by atoms with Crippen molar-refractivity contribution in [1.82, 2.24) is 0 Å². The molecule has 2 aromatic rings. The first kappa shape index (κ1) is 20.8. The molecule has 4 rings (SSSR count). The minimum Gasteiger partial charge on any atom is -0.427 e. The highest BCUT2D eigenvalue weighted by molar-refractivity contribution is 5.90. The maximum atomic E-state index is 13.9. The van der Waals surface area contributed by atoms with Crippen molar-refractivity contribution in [3.05, 3.63) is 76.0 Å². The molecule has 0 unspecified atom stereocenters. The summed E-state index contributed by atoms with van der Waals surface area (Å²) in [6.45, 7) is 2.25. The minimum atomic E-state index is -0.630. The van der Waals surface area contributed by atoms with Gasteiger partial charge in [0.25, 0.3) is 0 Å². The van der Waals surface area contributed by atoms with Gasteiger partial charge in [0.1, 0.15) is 17.4 Å². The van der Waals surface area contributed by atoms with E-state index < -0.39 is 17.6 Å². The number of rotatable bonds is 5. The standard InChI is InChI=1S/C26H28F2O2/c1-2-3-17-4-6-18(7-5-17)19-8-10-20(11-9-19)26(29)30-23-12-13-24-21(15-23)14-22(27)16-25(24)28/h8-11,14-18H,2-7,12-13H2,1H3. The number of hydrogen-bond acceptors (Lipinski definition) is 2. The first-order valence-corrected chi connectivity index (χ1v) is 11.0. The molecule has 0 aliphatic heterocycles. The second kappa shape index (κ2) is 9.11. The van der Waals surface area contributed by atoms with Crippen molar-refractivity contribution in [2.45, 2.75) is 64.2 Å². The van der Waals surface area contributed by atoms with E-state index in [4.69, 9.17) is 4.74 Å². The fourth-order valence-electron chi connectivity index (χ4n) is 4.85. The molecule has 0 N–H and O–H groups in total. The zero-order valence-corrected chi connectivity index (χ0v) is 17.4. The molecule has 0 bridgehead atoms. The van der Waals surface area contributed by atoms with E-state index in [-0.39, 0.29) is 0 Å². The Morgan fingerprint density at radius 1 is 1.03 bits per heavy atom. The highest BCUT2D eigenvalue weighted by atomic mass is 19.1. The molecule has 0 amide bonds. The van der Waals surface area contributed by atoms with Crippen LogP contribution in [-0.2, 0) is 11.2 Å². The van der Waals surface area contributed by atoms with Crippen LogP contribution in [0.2, 0.25) is 0 Å². The Kier molecular flexibility index (Phi) is 6.31. The van der Waals surface area contributed by atoms with Gasteiger partial charge in [0, 0.05) is 12.5 Å². The normalized spacial score (nSPS) is 21.0. The molecule has 0 heterocycles. The predicted molar refractivity (Wildman–Crippen MR) is 114 cm³/mol. The fourth-order valence-corrected chi connectivity index (χ4v) is 4.85. The van der Waals surface area contributed by atoms with Crippen LogP contribution in [-0.4, -0.2) is 5.97 Å². The van der Waals surface area contributed by atoms with E-state index in [0.717, 1.165) is 12.0 Å². The van der Waals surface area contributed by atoms with Gasteiger partial charge in [-0.3, -0.25) is 0 Å². The van der Waals surface area contributed by atoms with Crippen molar-refractivity contribution in [2.75, 3.05) is 0 Å². The van der Waals surface area contributed by atoms with Crippen LogP contribution in [0.25, 0.3) is 6.08 Å². The lowest BCUT2D eigenvalue weighted by molar-refractivity contribution is 0.0617. The molecule has 0 atom stereocenters. The van der Waals surface area contributed by atoms with Crippen molar-refractivity contribution in [3.8, 4) is 0 Å². The molecule has 30 heavy (non-hydrogen) atoms. The maximum Gasteiger partial charge on any atom is 0.343 e. The summed E-state index contributed by atoms with van der Waals surface area (Å²) in [5.74, 6) is 0.276. The largest absolute Gasteiger partial charge is 0.427 e. The Bertz CT molecular complexity index is 938. The molecule has 2 aliphatic carbocycles. The molecule has 0 aromatic heterocycles. The predicted octanol–water partition coefficient (Wildman–Crippen LogP) is 7.18. The fraction of sp³-hybridized carbons (Fsp3) is 0.423. The highest BCUT2D eigenvalue weighted by Crippen LogP contribution is 2.37. The molecule has 4 heteroatoms. The third kappa shape index (κ3) is 4.63. The highest BCUT2D eigenvalue weighted by Gasteiger charge is 2.23. The van der Waals surface area contributed by atoms with E-state index in [1.165, 1.54) is 50.2 Å². The van der Waals surface area contributed by atoms with Crippen LogP contribution in [0.15, 0.2) is 42.2 Å². The molecular formula is C26H28F2O2. The number of carbonyl (C=O) groups is 1. The molecular weight excluding hydrogens is 382 g/mol. The summed E-state index contributed by atoms with van der Waals surface area (Å²) in [7, 11) is 0. The lowest BCUT2D eigenvalue weighted by Crippen LogP contribution is -2.13. The van der Waals surface area contributed by atoms with Crippen LogP contribution in [0.5, 0.6) is 0 Å². The quantitative estimate of drug-likeness (QED) is 0.488. The third-order valence-corrected chi connectivity index (χ3v) is 6.52. The molecule has 158 valence electrons.